The number of hydrogen-bond acceptors (Lipinski definition) is 4. The molecule has 98 valence electrons. The predicted octanol–water partition coefficient (Wildman–Crippen LogP) is 2.19. The Bertz CT molecular complexity index is 265. The summed E-state index contributed by atoms with van der Waals surface area (Å²) >= 11 is 0. The number of carbonyl (C=O) groups excluding carboxylic acids is 2. The summed E-state index contributed by atoms with van der Waals surface area (Å²) < 4.78 is 9.34. The largest absolute Gasteiger partial charge is 0.468 e. The van der Waals surface area contributed by atoms with Crippen LogP contribution >= 0.6 is 0 Å². The second kappa shape index (κ2) is 7.87. The highest BCUT2D eigenvalue weighted by Gasteiger charge is 2.35. The molecule has 0 amide bonds. The lowest BCUT2D eigenvalue weighted by Crippen LogP contribution is -2.33. The van der Waals surface area contributed by atoms with E-state index in [0.29, 0.717) is 5.92 Å². The van der Waals surface area contributed by atoms with Gasteiger partial charge in [0.15, 0.2) is 5.92 Å². The van der Waals surface area contributed by atoms with Crippen LogP contribution in [0.15, 0.2) is 12.2 Å². The molecule has 0 aromatic heterocycles. The zero-order chi connectivity index (χ0) is 13.4. The second-order valence-electron chi connectivity index (χ2n) is 4.34. The van der Waals surface area contributed by atoms with Gasteiger partial charge in [-0.05, 0) is 19.3 Å². The Labute approximate surface area is 103 Å². The lowest BCUT2D eigenvalue weighted by Gasteiger charge is -2.22. The van der Waals surface area contributed by atoms with Crippen LogP contribution in [0.2, 0.25) is 0 Å². The van der Waals surface area contributed by atoms with Crippen molar-refractivity contribution in [1.29, 1.82) is 0 Å². The van der Waals surface area contributed by atoms with Crippen molar-refractivity contribution >= 4 is 11.9 Å². The minimum absolute atomic E-state index is 0.181. The van der Waals surface area contributed by atoms with Gasteiger partial charge in [0.25, 0.3) is 0 Å². The van der Waals surface area contributed by atoms with Gasteiger partial charge < -0.3 is 9.47 Å². The molecule has 0 aliphatic heterocycles. The van der Waals surface area contributed by atoms with Crippen molar-refractivity contribution in [1.82, 2.24) is 0 Å². The number of esters is 2. The SMILES string of the molecule is C/C=C/C(CC(C)C)C(C(=O)OC)C(=O)OC. The van der Waals surface area contributed by atoms with Crippen LogP contribution in [0.5, 0.6) is 0 Å². The molecular formula is C13H22O4. The van der Waals surface area contributed by atoms with Gasteiger partial charge in [0, 0.05) is 5.92 Å². The van der Waals surface area contributed by atoms with Gasteiger partial charge in [-0.15, -0.1) is 0 Å². The summed E-state index contributed by atoms with van der Waals surface area (Å²) in [6, 6.07) is 0. The molecule has 0 spiro atoms. The van der Waals surface area contributed by atoms with Crippen molar-refractivity contribution < 1.29 is 19.1 Å². The summed E-state index contributed by atoms with van der Waals surface area (Å²) in [5.41, 5.74) is 0. The van der Waals surface area contributed by atoms with E-state index in [4.69, 9.17) is 0 Å². The molecular weight excluding hydrogens is 220 g/mol. The van der Waals surface area contributed by atoms with E-state index in [2.05, 4.69) is 9.47 Å². The highest BCUT2D eigenvalue weighted by Crippen LogP contribution is 2.24. The van der Waals surface area contributed by atoms with Crippen molar-refractivity contribution in [3.8, 4) is 0 Å². The molecule has 0 aliphatic rings. The van der Waals surface area contributed by atoms with Crippen LogP contribution in [-0.4, -0.2) is 26.2 Å². The number of carbonyl (C=O) groups is 2. The van der Waals surface area contributed by atoms with Crippen LogP contribution in [-0.2, 0) is 19.1 Å². The summed E-state index contributed by atoms with van der Waals surface area (Å²) in [6.45, 7) is 5.95. The highest BCUT2D eigenvalue weighted by molar-refractivity contribution is 5.95. The smallest absolute Gasteiger partial charge is 0.320 e. The van der Waals surface area contributed by atoms with Gasteiger partial charge in [0.1, 0.15) is 0 Å². The van der Waals surface area contributed by atoms with Crippen LogP contribution in [0.4, 0.5) is 0 Å². The first-order chi connectivity index (χ1) is 7.97. The molecule has 0 aliphatic carbocycles. The first-order valence-electron chi connectivity index (χ1n) is 5.76. The molecule has 0 N–H and O–H groups in total. The molecule has 0 bridgehead atoms. The Balaban J connectivity index is 5.06. The molecule has 0 rings (SSSR count). The molecule has 0 radical (unpaired) electrons. The van der Waals surface area contributed by atoms with Gasteiger partial charge in [-0.3, -0.25) is 9.59 Å². The van der Waals surface area contributed by atoms with E-state index < -0.39 is 17.9 Å². The van der Waals surface area contributed by atoms with Crippen LogP contribution in [0, 0.1) is 17.8 Å². The molecule has 17 heavy (non-hydrogen) atoms. The molecule has 0 fully saturated rings. The number of rotatable bonds is 6. The molecule has 4 nitrogen and oxygen atoms in total. The molecule has 0 heterocycles. The Morgan fingerprint density at radius 2 is 1.59 bits per heavy atom. The van der Waals surface area contributed by atoms with Gasteiger partial charge in [-0.1, -0.05) is 26.0 Å². The maximum atomic E-state index is 11.7. The number of methoxy groups -OCH3 is 2. The van der Waals surface area contributed by atoms with Crippen molar-refractivity contribution in [2.24, 2.45) is 17.8 Å². The fraction of sp³-hybridized carbons (Fsp3) is 0.692. The summed E-state index contributed by atoms with van der Waals surface area (Å²) in [6.07, 6.45) is 4.43. The predicted molar refractivity (Wildman–Crippen MR) is 65.3 cm³/mol. The first-order valence-corrected chi connectivity index (χ1v) is 5.76. The zero-order valence-electron chi connectivity index (χ0n) is 11.2. The number of ether oxygens (including phenoxy) is 2. The lowest BCUT2D eigenvalue weighted by molar-refractivity contribution is -0.160. The summed E-state index contributed by atoms with van der Waals surface area (Å²) in [5.74, 6) is -1.75. The van der Waals surface area contributed by atoms with Gasteiger partial charge in [0.05, 0.1) is 14.2 Å². The first kappa shape index (κ1) is 15.7. The third-order valence-corrected chi connectivity index (χ3v) is 2.52. The maximum absolute atomic E-state index is 11.7. The van der Waals surface area contributed by atoms with Crippen molar-refractivity contribution in [3.05, 3.63) is 12.2 Å². The van der Waals surface area contributed by atoms with Gasteiger partial charge in [0.2, 0.25) is 0 Å². The molecule has 1 unspecified atom stereocenters. The number of hydrogen-bond donors (Lipinski definition) is 0. The van der Waals surface area contributed by atoms with E-state index in [1.165, 1.54) is 14.2 Å². The van der Waals surface area contributed by atoms with Gasteiger partial charge in [-0.2, -0.15) is 0 Å². The summed E-state index contributed by atoms with van der Waals surface area (Å²) in [5, 5.41) is 0. The quantitative estimate of drug-likeness (QED) is 0.407. The van der Waals surface area contributed by atoms with E-state index >= 15 is 0 Å². The van der Waals surface area contributed by atoms with E-state index in [-0.39, 0.29) is 5.92 Å². The molecule has 0 aromatic rings. The second-order valence-corrected chi connectivity index (χ2v) is 4.34. The van der Waals surface area contributed by atoms with E-state index in [1.54, 1.807) is 0 Å². The normalized spacial score (nSPS) is 13.1. The van der Waals surface area contributed by atoms with E-state index in [1.807, 2.05) is 32.9 Å². The highest BCUT2D eigenvalue weighted by atomic mass is 16.5. The monoisotopic (exact) mass is 242 g/mol. The summed E-state index contributed by atoms with van der Waals surface area (Å²) in [4.78, 5) is 23.3. The zero-order valence-corrected chi connectivity index (χ0v) is 11.2. The minimum atomic E-state index is -0.872. The average Bonchev–Trinajstić information content (AvgIpc) is 2.28. The van der Waals surface area contributed by atoms with Crippen molar-refractivity contribution in [2.45, 2.75) is 27.2 Å². The van der Waals surface area contributed by atoms with Gasteiger partial charge >= 0.3 is 11.9 Å². The Morgan fingerprint density at radius 1 is 1.12 bits per heavy atom. The van der Waals surface area contributed by atoms with Crippen molar-refractivity contribution in [3.63, 3.8) is 0 Å². The Kier molecular flexibility index (Phi) is 7.26. The standard InChI is InChI=1S/C13H22O4/c1-6-7-10(8-9(2)3)11(12(14)16-4)13(15)17-5/h6-7,9-11H,8H2,1-5H3/b7-6+. The molecule has 0 saturated heterocycles. The maximum Gasteiger partial charge on any atom is 0.320 e. The third kappa shape index (κ3) is 5.02. The van der Waals surface area contributed by atoms with E-state index in [0.717, 1.165) is 6.42 Å². The average molecular weight is 242 g/mol. The van der Waals surface area contributed by atoms with Crippen LogP contribution in [0.1, 0.15) is 27.2 Å². The molecule has 1 atom stereocenters. The Morgan fingerprint density at radius 3 is 1.88 bits per heavy atom. The third-order valence-electron chi connectivity index (χ3n) is 2.52. The number of allylic oxidation sites excluding steroid dienone is 2. The van der Waals surface area contributed by atoms with Crippen LogP contribution in [0.3, 0.4) is 0 Å². The topological polar surface area (TPSA) is 52.6 Å². The lowest BCUT2D eigenvalue weighted by atomic mass is 9.85. The molecule has 4 heteroatoms. The van der Waals surface area contributed by atoms with Crippen molar-refractivity contribution in [2.75, 3.05) is 14.2 Å². The molecule has 0 saturated carbocycles. The Hall–Kier alpha value is -1.32. The summed E-state index contributed by atoms with van der Waals surface area (Å²) in [7, 11) is 2.56. The van der Waals surface area contributed by atoms with Crippen LogP contribution < -0.4 is 0 Å². The molecule has 0 aromatic carbocycles. The van der Waals surface area contributed by atoms with Gasteiger partial charge in [-0.25, -0.2) is 0 Å². The van der Waals surface area contributed by atoms with Crippen LogP contribution in [0.25, 0.3) is 0 Å². The fourth-order valence-corrected chi connectivity index (χ4v) is 1.82. The van der Waals surface area contributed by atoms with E-state index in [9.17, 15) is 9.59 Å². The minimum Gasteiger partial charge on any atom is -0.468 e. The fourth-order valence-electron chi connectivity index (χ4n) is 1.82.